The van der Waals surface area contributed by atoms with Crippen LogP contribution in [0, 0.1) is 0 Å². The van der Waals surface area contributed by atoms with Gasteiger partial charge < -0.3 is 14.6 Å². The van der Waals surface area contributed by atoms with Crippen LogP contribution in [0.15, 0.2) is 22.8 Å². The van der Waals surface area contributed by atoms with Crippen LogP contribution in [0.3, 0.4) is 0 Å². The van der Waals surface area contributed by atoms with E-state index in [1.807, 2.05) is 26.0 Å². The van der Waals surface area contributed by atoms with Crippen LogP contribution in [-0.4, -0.2) is 35.3 Å². The van der Waals surface area contributed by atoms with Crippen molar-refractivity contribution < 1.29 is 14.0 Å². The quantitative estimate of drug-likeness (QED) is 0.865. The number of rotatable bonds is 4. The van der Waals surface area contributed by atoms with Crippen molar-refractivity contribution in [3.05, 3.63) is 24.2 Å². The molecular formula is C13H18N2O3. The molecule has 1 fully saturated rings. The minimum absolute atomic E-state index is 0.00356. The zero-order valence-corrected chi connectivity index (χ0v) is 10.7. The van der Waals surface area contributed by atoms with Crippen molar-refractivity contribution in [2.75, 3.05) is 6.54 Å². The largest absolute Gasteiger partial charge is 0.469 e. The minimum Gasteiger partial charge on any atom is -0.469 e. The maximum Gasteiger partial charge on any atom is 0.245 e. The highest BCUT2D eigenvalue weighted by atomic mass is 16.3. The molecule has 18 heavy (non-hydrogen) atoms. The van der Waals surface area contributed by atoms with E-state index in [9.17, 15) is 9.59 Å². The molecular weight excluding hydrogens is 232 g/mol. The van der Waals surface area contributed by atoms with E-state index in [0.717, 1.165) is 5.76 Å². The molecule has 2 rings (SSSR count). The molecule has 1 saturated heterocycles. The fourth-order valence-corrected chi connectivity index (χ4v) is 2.21. The van der Waals surface area contributed by atoms with Gasteiger partial charge in [0, 0.05) is 12.5 Å². The summed E-state index contributed by atoms with van der Waals surface area (Å²) < 4.78 is 5.27. The van der Waals surface area contributed by atoms with E-state index in [-0.39, 0.29) is 30.4 Å². The first-order chi connectivity index (χ1) is 8.61. The normalized spacial score (nSPS) is 21.9. The summed E-state index contributed by atoms with van der Waals surface area (Å²) >= 11 is 0. The lowest BCUT2D eigenvalue weighted by Crippen LogP contribution is -2.60. The van der Waals surface area contributed by atoms with E-state index < -0.39 is 0 Å². The zero-order chi connectivity index (χ0) is 13.1. The Morgan fingerprint density at radius 3 is 2.94 bits per heavy atom. The van der Waals surface area contributed by atoms with E-state index >= 15 is 0 Å². The van der Waals surface area contributed by atoms with Crippen molar-refractivity contribution in [2.45, 2.75) is 38.8 Å². The fraction of sp³-hybridized carbons (Fsp3) is 0.538. The Morgan fingerprint density at radius 2 is 2.33 bits per heavy atom. The Kier molecular flexibility index (Phi) is 3.69. The van der Waals surface area contributed by atoms with Gasteiger partial charge in [-0.3, -0.25) is 9.59 Å². The summed E-state index contributed by atoms with van der Waals surface area (Å²) in [4.78, 5) is 25.4. The number of amides is 2. The number of furan rings is 1. The second kappa shape index (κ2) is 5.25. The number of hydrogen-bond acceptors (Lipinski definition) is 3. The first-order valence-electron chi connectivity index (χ1n) is 6.24. The molecule has 1 aliphatic rings. The molecule has 5 heteroatoms. The van der Waals surface area contributed by atoms with Crippen LogP contribution in [0.25, 0.3) is 0 Å². The molecule has 98 valence electrons. The summed E-state index contributed by atoms with van der Waals surface area (Å²) in [6.07, 6.45) is 2.86. The SMILES string of the molecule is CCC1NC(=O)CN(C(C)Cc2ccco2)C1=O. The van der Waals surface area contributed by atoms with Gasteiger partial charge >= 0.3 is 0 Å². The molecule has 5 nitrogen and oxygen atoms in total. The maximum atomic E-state index is 12.2. The van der Waals surface area contributed by atoms with Gasteiger partial charge in [0.2, 0.25) is 11.8 Å². The zero-order valence-electron chi connectivity index (χ0n) is 10.7. The fourth-order valence-electron chi connectivity index (χ4n) is 2.21. The topological polar surface area (TPSA) is 62.6 Å². The standard InChI is InChI=1S/C13H18N2O3/c1-3-11-13(17)15(8-12(16)14-11)9(2)7-10-5-4-6-18-10/h4-6,9,11H,3,7-8H2,1-2H3,(H,14,16). The summed E-state index contributed by atoms with van der Waals surface area (Å²) in [5.74, 6) is 0.734. The summed E-state index contributed by atoms with van der Waals surface area (Å²) in [5, 5.41) is 2.71. The summed E-state index contributed by atoms with van der Waals surface area (Å²) in [6.45, 7) is 3.96. The highest BCUT2D eigenvalue weighted by molar-refractivity contribution is 5.94. The average molecular weight is 250 g/mol. The Morgan fingerprint density at radius 1 is 1.56 bits per heavy atom. The number of nitrogens with one attached hydrogen (secondary N) is 1. The lowest BCUT2D eigenvalue weighted by atomic mass is 10.1. The van der Waals surface area contributed by atoms with E-state index in [1.54, 1.807) is 11.2 Å². The molecule has 0 aromatic carbocycles. The van der Waals surface area contributed by atoms with Crippen molar-refractivity contribution in [1.82, 2.24) is 10.2 Å². The van der Waals surface area contributed by atoms with Gasteiger partial charge in [0.05, 0.1) is 12.8 Å². The van der Waals surface area contributed by atoms with Gasteiger partial charge in [-0.15, -0.1) is 0 Å². The number of hydrogen-bond donors (Lipinski definition) is 1. The van der Waals surface area contributed by atoms with Gasteiger partial charge in [-0.2, -0.15) is 0 Å². The molecule has 1 aromatic heterocycles. The lowest BCUT2D eigenvalue weighted by Gasteiger charge is -2.36. The highest BCUT2D eigenvalue weighted by Gasteiger charge is 2.34. The molecule has 2 heterocycles. The van der Waals surface area contributed by atoms with Crippen LogP contribution in [0.2, 0.25) is 0 Å². The highest BCUT2D eigenvalue weighted by Crippen LogP contribution is 2.14. The van der Waals surface area contributed by atoms with Crippen molar-refractivity contribution in [3.8, 4) is 0 Å². The van der Waals surface area contributed by atoms with Crippen molar-refractivity contribution in [3.63, 3.8) is 0 Å². The Hall–Kier alpha value is -1.78. The minimum atomic E-state index is -0.384. The molecule has 2 amide bonds. The van der Waals surface area contributed by atoms with Gasteiger partial charge in [-0.05, 0) is 25.5 Å². The van der Waals surface area contributed by atoms with Crippen molar-refractivity contribution in [1.29, 1.82) is 0 Å². The molecule has 2 unspecified atom stereocenters. The van der Waals surface area contributed by atoms with Crippen molar-refractivity contribution in [2.24, 2.45) is 0 Å². The first-order valence-corrected chi connectivity index (χ1v) is 6.24. The van der Waals surface area contributed by atoms with Crippen LogP contribution in [0.4, 0.5) is 0 Å². The lowest BCUT2D eigenvalue weighted by molar-refractivity contribution is -0.146. The molecule has 0 bridgehead atoms. The van der Waals surface area contributed by atoms with E-state index in [0.29, 0.717) is 12.8 Å². The van der Waals surface area contributed by atoms with Crippen LogP contribution in [-0.2, 0) is 16.0 Å². The first kappa shape index (κ1) is 12.7. The van der Waals surface area contributed by atoms with E-state index in [2.05, 4.69) is 5.32 Å². The number of carbonyl (C=O) groups excluding carboxylic acids is 2. The predicted octanol–water partition coefficient (Wildman–Crippen LogP) is 0.948. The molecule has 1 N–H and O–H groups in total. The molecule has 1 aliphatic heterocycles. The van der Waals surface area contributed by atoms with Crippen LogP contribution in [0.5, 0.6) is 0 Å². The number of piperazine rings is 1. The molecule has 2 atom stereocenters. The smallest absolute Gasteiger partial charge is 0.245 e. The van der Waals surface area contributed by atoms with E-state index in [1.165, 1.54) is 0 Å². The summed E-state index contributed by atoms with van der Waals surface area (Å²) in [7, 11) is 0. The monoisotopic (exact) mass is 250 g/mol. The van der Waals surface area contributed by atoms with Crippen LogP contribution < -0.4 is 5.32 Å². The second-order valence-corrected chi connectivity index (χ2v) is 4.63. The Bertz CT molecular complexity index is 427. The summed E-state index contributed by atoms with van der Waals surface area (Å²) in [5.41, 5.74) is 0. The van der Waals surface area contributed by atoms with Gasteiger partial charge in [-0.25, -0.2) is 0 Å². The van der Waals surface area contributed by atoms with Gasteiger partial charge in [0.1, 0.15) is 11.8 Å². The van der Waals surface area contributed by atoms with Gasteiger partial charge in [0.15, 0.2) is 0 Å². The summed E-state index contributed by atoms with van der Waals surface area (Å²) in [6, 6.07) is 3.28. The predicted molar refractivity (Wildman–Crippen MR) is 65.8 cm³/mol. The maximum absolute atomic E-state index is 12.2. The molecule has 0 aliphatic carbocycles. The average Bonchev–Trinajstić information content (AvgIpc) is 2.84. The van der Waals surface area contributed by atoms with Gasteiger partial charge in [-0.1, -0.05) is 6.92 Å². The number of carbonyl (C=O) groups is 2. The molecule has 0 radical (unpaired) electrons. The molecule has 0 spiro atoms. The third-order valence-corrected chi connectivity index (χ3v) is 3.25. The third kappa shape index (κ3) is 2.55. The van der Waals surface area contributed by atoms with E-state index in [4.69, 9.17) is 4.42 Å². The van der Waals surface area contributed by atoms with Crippen molar-refractivity contribution >= 4 is 11.8 Å². The van der Waals surface area contributed by atoms with Gasteiger partial charge in [0.25, 0.3) is 0 Å². The molecule has 1 aromatic rings. The third-order valence-electron chi connectivity index (χ3n) is 3.25. The Labute approximate surface area is 106 Å². The van der Waals surface area contributed by atoms with Crippen LogP contribution in [0.1, 0.15) is 26.0 Å². The Balaban J connectivity index is 2.06. The molecule has 0 saturated carbocycles. The number of nitrogens with zero attached hydrogens (tertiary/aromatic N) is 1. The second-order valence-electron chi connectivity index (χ2n) is 4.63. The van der Waals surface area contributed by atoms with Crippen LogP contribution >= 0.6 is 0 Å².